The first-order valence-corrected chi connectivity index (χ1v) is 6.90. The summed E-state index contributed by atoms with van der Waals surface area (Å²) >= 11 is 0. The number of ether oxygens (including phenoxy) is 1. The number of hydrogen-bond donors (Lipinski definition) is 1. The Kier molecular flexibility index (Phi) is 4.58. The largest absolute Gasteiger partial charge is 0.479 e. The minimum absolute atomic E-state index is 0.131. The molecule has 0 saturated heterocycles. The fourth-order valence-corrected chi connectivity index (χ4v) is 2.22. The number of carbonyl (C=O) groups is 2. The molecule has 0 fully saturated rings. The molecule has 4 heteroatoms. The van der Waals surface area contributed by atoms with Crippen LogP contribution < -0.4 is 0 Å². The third kappa shape index (κ3) is 3.60. The molecule has 0 amide bonds. The monoisotopic (exact) mass is 286 g/mol. The van der Waals surface area contributed by atoms with E-state index in [4.69, 9.17) is 9.84 Å². The molecule has 2 aromatic carbocycles. The number of benzene rings is 2. The molecule has 0 spiro atoms. The highest BCUT2D eigenvalue weighted by molar-refractivity contribution is 6.04. The number of carbonyl (C=O) groups excluding carboxylic acids is 1. The Morgan fingerprint density at radius 2 is 1.76 bits per heavy atom. The summed E-state index contributed by atoms with van der Waals surface area (Å²) in [5.74, 6) is -1.58. The van der Waals surface area contributed by atoms with Crippen LogP contribution in [-0.2, 0) is 9.53 Å². The summed E-state index contributed by atoms with van der Waals surface area (Å²) in [4.78, 5) is 23.5. The van der Waals surface area contributed by atoms with Gasteiger partial charge in [0.1, 0.15) is 0 Å². The number of carboxylic acids is 1. The molecule has 110 valence electrons. The first kappa shape index (κ1) is 15.0. The lowest BCUT2D eigenvalue weighted by Gasteiger charge is -2.16. The van der Waals surface area contributed by atoms with Crippen LogP contribution >= 0.6 is 0 Å². The topological polar surface area (TPSA) is 63.6 Å². The highest BCUT2D eigenvalue weighted by Gasteiger charge is 2.24. The normalized spacial score (nSPS) is 12.3. The van der Waals surface area contributed by atoms with Gasteiger partial charge in [-0.25, -0.2) is 9.59 Å². The standard InChI is InChI=1S/C17H18O4/c1-11(2)10-15(16(18)19)21-17(20)14-9-5-7-12-6-3-4-8-13(12)14/h3-9,11,15H,10H2,1-2H3,(H,18,19). The van der Waals surface area contributed by atoms with E-state index >= 15 is 0 Å². The fourth-order valence-electron chi connectivity index (χ4n) is 2.22. The molecule has 0 bridgehead atoms. The van der Waals surface area contributed by atoms with Crippen molar-refractivity contribution in [3.05, 3.63) is 48.0 Å². The zero-order valence-corrected chi connectivity index (χ0v) is 12.1. The Labute approximate surface area is 123 Å². The summed E-state index contributed by atoms with van der Waals surface area (Å²) in [5.41, 5.74) is 0.392. The van der Waals surface area contributed by atoms with Gasteiger partial charge < -0.3 is 9.84 Å². The van der Waals surface area contributed by atoms with E-state index in [1.54, 1.807) is 12.1 Å². The number of hydrogen-bond acceptors (Lipinski definition) is 3. The van der Waals surface area contributed by atoms with Crippen molar-refractivity contribution in [3.63, 3.8) is 0 Å². The molecule has 0 radical (unpaired) electrons. The van der Waals surface area contributed by atoms with Crippen molar-refractivity contribution in [2.75, 3.05) is 0 Å². The van der Waals surface area contributed by atoms with E-state index in [-0.39, 0.29) is 5.92 Å². The Morgan fingerprint density at radius 1 is 1.10 bits per heavy atom. The number of esters is 1. The number of fused-ring (bicyclic) bond motifs is 1. The SMILES string of the molecule is CC(C)CC(OC(=O)c1cccc2ccccc12)C(=O)O. The van der Waals surface area contributed by atoms with Gasteiger partial charge in [0, 0.05) is 0 Å². The molecule has 0 aliphatic rings. The molecule has 2 rings (SSSR count). The molecule has 0 aromatic heterocycles. The lowest BCUT2D eigenvalue weighted by molar-refractivity contribution is -0.148. The van der Waals surface area contributed by atoms with E-state index in [0.29, 0.717) is 12.0 Å². The molecule has 2 aromatic rings. The summed E-state index contributed by atoms with van der Waals surface area (Å²) in [5, 5.41) is 10.8. The second kappa shape index (κ2) is 6.39. The Balaban J connectivity index is 2.27. The highest BCUT2D eigenvalue weighted by atomic mass is 16.6. The minimum atomic E-state index is -1.11. The second-order valence-corrected chi connectivity index (χ2v) is 5.39. The number of rotatable bonds is 5. The van der Waals surface area contributed by atoms with E-state index in [9.17, 15) is 9.59 Å². The van der Waals surface area contributed by atoms with Crippen molar-refractivity contribution in [1.82, 2.24) is 0 Å². The molecule has 0 aliphatic heterocycles. The van der Waals surface area contributed by atoms with E-state index in [1.165, 1.54) is 0 Å². The van der Waals surface area contributed by atoms with E-state index in [0.717, 1.165) is 10.8 Å². The molecule has 1 atom stereocenters. The Bertz CT molecular complexity index is 655. The van der Waals surface area contributed by atoms with E-state index < -0.39 is 18.0 Å². The molecule has 1 unspecified atom stereocenters. The lowest BCUT2D eigenvalue weighted by atomic mass is 10.0. The Hall–Kier alpha value is -2.36. The summed E-state index contributed by atoms with van der Waals surface area (Å²) in [6, 6.07) is 12.8. The van der Waals surface area contributed by atoms with Crippen LogP contribution in [0.3, 0.4) is 0 Å². The minimum Gasteiger partial charge on any atom is -0.479 e. The molecule has 1 N–H and O–H groups in total. The predicted octanol–water partition coefficient (Wildman–Crippen LogP) is 3.50. The van der Waals surface area contributed by atoms with Crippen LogP contribution in [0.15, 0.2) is 42.5 Å². The van der Waals surface area contributed by atoms with Gasteiger partial charge in [0.05, 0.1) is 5.56 Å². The van der Waals surface area contributed by atoms with Crippen LogP contribution in [0, 0.1) is 5.92 Å². The van der Waals surface area contributed by atoms with Crippen molar-refractivity contribution in [3.8, 4) is 0 Å². The van der Waals surface area contributed by atoms with Gasteiger partial charge in [-0.05, 0) is 29.2 Å². The molecule has 0 saturated carbocycles. The zero-order chi connectivity index (χ0) is 15.4. The van der Waals surface area contributed by atoms with Crippen molar-refractivity contribution >= 4 is 22.7 Å². The molecule has 0 aliphatic carbocycles. The van der Waals surface area contributed by atoms with Gasteiger partial charge in [-0.1, -0.05) is 50.2 Å². The van der Waals surface area contributed by atoms with E-state index in [1.807, 2.05) is 44.2 Å². The molecule has 0 heterocycles. The molecule has 4 nitrogen and oxygen atoms in total. The number of carboxylic acid groups (broad SMARTS) is 1. The van der Waals surface area contributed by atoms with Crippen LogP contribution in [0.2, 0.25) is 0 Å². The second-order valence-electron chi connectivity index (χ2n) is 5.39. The van der Waals surface area contributed by atoms with E-state index in [2.05, 4.69) is 0 Å². The highest BCUT2D eigenvalue weighted by Crippen LogP contribution is 2.20. The van der Waals surface area contributed by atoms with Gasteiger partial charge in [-0.15, -0.1) is 0 Å². The average molecular weight is 286 g/mol. The van der Waals surface area contributed by atoms with Crippen LogP contribution in [0.1, 0.15) is 30.6 Å². The van der Waals surface area contributed by atoms with Crippen molar-refractivity contribution in [2.45, 2.75) is 26.4 Å². The van der Waals surface area contributed by atoms with Gasteiger partial charge in [-0.3, -0.25) is 0 Å². The first-order chi connectivity index (χ1) is 9.99. The van der Waals surface area contributed by atoms with Gasteiger partial charge in [0.15, 0.2) is 6.10 Å². The lowest BCUT2D eigenvalue weighted by Crippen LogP contribution is -2.28. The van der Waals surface area contributed by atoms with Crippen LogP contribution in [-0.4, -0.2) is 23.1 Å². The van der Waals surface area contributed by atoms with Crippen LogP contribution in [0.25, 0.3) is 10.8 Å². The van der Waals surface area contributed by atoms with Crippen molar-refractivity contribution in [2.24, 2.45) is 5.92 Å². The first-order valence-electron chi connectivity index (χ1n) is 6.90. The third-order valence-electron chi connectivity index (χ3n) is 3.22. The third-order valence-corrected chi connectivity index (χ3v) is 3.22. The van der Waals surface area contributed by atoms with Crippen LogP contribution in [0.4, 0.5) is 0 Å². The summed E-state index contributed by atoms with van der Waals surface area (Å²) in [6.45, 7) is 3.78. The van der Waals surface area contributed by atoms with Gasteiger partial charge in [-0.2, -0.15) is 0 Å². The van der Waals surface area contributed by atoms with Crippen molar-refractivity contribution in [1.29, 1.82) is 0 Å². The zero-order valence-electron chi connectivity index (χ0n) is 12.1. The van der Waals surface area contributed by atoms with Gasteiger partial charge in [0.2, 0.25) is 0 Å². The maximum Gasteiger partial charge on any atom is 0.345 e. The average Bonchev–Trinajstić information content (AvgIpc) is 2.45. The number of aliphatic carboxylic acids is 1. The van der Waals surface area contributed by atoms with Gasteiger partial charge in [0.25, 0.3) is 0 Å². The summed E-state index contributed by atoms with van der Waals surface area (Å²) in [6.07, 6.45) is -0.817. The molecular weight excluding hydrogens is 268 g/mol. The van der Waals surface area contributed by atoms with Crippen molar-refractivity contribution < 1.29 is 19.4 Å². The maximum atomic E-state index is 12.3. The smallest absolute Gasteiger partial charge is 0.345 e. The maximum absolute atomic E-state index is 12.3. The van der Waals surface area contributed by atoms with Crippen LogP contribution in [0.5, 0.6) is 0 Å². The summed E-state index contributed by atoms with van der Waals surface area (Å²) < 4.78 is 5.18. The van der Waals surface area contributed by atoms with Gasteiger partial charge >= 0.3 is 11.9 Å². The predicted molar refractivity (Wildman–Crippen MR) is 80.2 cm³/mol. The summed E-state index contributed by atoms with van der Waals surface area (Å²) in [7, 11) is 0. The molecule has 21 heavy (non-hydrogen) atoms. The fraction of sp³-hybridized carbons (Fsp3) is 0.294. The quantitative estimate of drug-likeness (QED) is 0.854. The Morgan fingerprint density at radius 3 is 2.43 bits per heavy atom. The molecular formula is C17H18O4.